The summed E-state index contributed by atoms with van der Waals surface area (Å²) in [5.74, 6) is -0.534. The molecule has 0 radical (unpaired) electrons. The minimum absolute atomic E-state index is 0.218. The van der Waals surface area contributed by atoms with Gasteiger partial charge in [0.1, 0.15) is 5.69 Å². The zero-order valence-corrected chi connectivity index (χ0v) is 14.2. The molecule has 1 N–H and O–H groups in total. The monoisotopic (exact) mass is 353 g/mol. The van der Waals surface area contributed by atoms with Crippen molar-refractivity contribution in [3.8, 4) is 0 Å². The second kappa shape index (κ2) is 8.19. The molecule has 1 fully saturated rings. The Bertz CT molecular complexity index is 788. The van der Waals surface area contributed by atoms with Gasteiger partial charge >= 0.3 is 0 Å². The summed E-state index contributed by atoms with van der Waals surface area (Å²) in [7, 11) is 0. The zero-order chi connectivity index (χ0) is 18.4. The van der Waals surface area contributed by atoms with Crippen LogP contribution in [0.15, 0.2) is 42.7 Å². The summed E-state index contributed by atoms with van der Waals surface area (Å²) >= 11 is 0. The predicted octanol–water partition coefficient (Wildman–Crippen LogP) is 0.321. The summed E-state index contributed by atoms with van der Waals surface area (Å²) in [6.45, 7) is 2.21. The van der Waals surface area contributed by atoms with Crippen LogP contribution in [0, 0.1) is 0 Å². The average molecular weight is 353 g/mol. The van der Waals surface area contributed by atoms with E-state index in [-0.39, 0.29) is 17.5 Å². The molecule has 1 aliphatic rings. The number of hydrogen-bond donors (Lipinski definition) is 1. The van der Waals surface area contributed by atoms with Crippen LogP contribution >= 0.6 is 0 Å². The lowest BCUT2D eigenvalue weighted by atomic mass is 10.2. The lowest BCUT2D eigenvalue weighted by Crippen LogP contribution is -2.48. The van der Waals surface area contributed by atoms with Gasteiger partial charge in [0, 0.05) is 44.1 Å². The first-order valence-corrected chi connectivity index (χ1v) is 8.30. The van der Waals surface area contributed by atoms with Crippen LogP contribution in [0.5, 0.6) is 0 Å². The van der Waals surface area contributed by atoms with E-state index in [1.54, 1.807) is 28.1 Å². The Kier molecular flexibility index (Phi) is 5.52. The van der Waals surface area contributed by atoms with Gasteiger partial charge in [-0.05, 0) is 24.3 Å². The molecular weight excluding hydrogens is 334 g/mol. The van der Waals surface area contributed by atoms with Crippen molar-refractivity contribution < 1.29 is 14.4 Å². The van der Waals surface area contributed by atoms with Crippen LogP contribution in [0.2, 0.25) is 0 Å². The highest BCUT2D eigenvalue weighted by atomic mass is 16.2. The molecule has 0 unspecified atom stereocenters. The molecular formula is C18H19N5O3. The van der Waals surface area contributed by atoms with E-state index < -0.39 is 0 Å². The second-order valence-electron chi connectivity index (χ2n) is 5.87. The fourth-order valence-electron chi connectivity index (χ4n) is 2.66. The van der Waals surface area contributed by atoms with E-state index in [1.165, 1.54) is 12.3 Å². The highest BCUT2D eigenvalue weighted by molar-refractivity contribution is 5.98. The van der Waals surface area contributed by atoms with Crippen molar-refractivity contribution in [1.82, 2.24) is 25.1 Å². The minimum atomic E-state index is -0.294. The molecule has 2 aromatic rings. The Morgan fingerprint density at radius 2 is 1.88 bits per heavy atom. The number of carbonyl (C=O) groups is 3. The minimum Gasteiger partial charge on any atom is -0.346 e. The summed E-state index contributed by atoms with van der Waals surface area (Å²) in [4.78, 5) is 47.1. The van der Waals surface area contributed by atoms with E-state index >= 15 is 0 Å². The third-order valence-electron chi connectivity index (χ3n) is 4.15. The van der Waals surface area contributed by atoms with Gasteiger partial charge in [0.25, 0.3) is 11.8 Å². The number of piperazine rings is 1. The quantitative estimate of drug-likeness (QED) is 0.781. The summed E-state index contributed by atoms with van der Waals surface area (Å²) in [5.41, 5.74) is 1.33. The van der Waals surface area contributed by atoms with Crippen molar-refractivity contribution in [2.24, 2.45) is 0 Å². The molecule has 8 nitrogen and oxygen atoms in total. The van der Waals surface area contributed by atoms with Crippen LogP contribution in [-0.4, -0.2) is 64.2 Å². The summed E-state index contributed by atoms with van der Waals surface area (Å²) in [6, 6.07) is 8.53. The van der Waals surface area contributed by atoms with E-state index in [9.17, 15) is 14.4 Å². The number of rotatable bonds is 5. The smallest absolute Gasteiger partial charge is 0.272 e. The highest BCUT2D eigenvalue weighted by Crippen LogP contribution is 2.09. The Morgan fingerprint density at radius 3 is 2.58 bits per heavy atom. The molecule has 0 aromatic carbocycles. The summed E-state index contributed by atoms with van der Waals surface area (Å²) in [5, 5.41) is 2.77. The third-order valence-corrected chi connectivity index (χ3v) is 4.15. The van der Waals surface area contributed by atoms with Gasteiger partial charge in [0.05, 0.1) is 12.2 Å². The topological polar surface area (TPSA) is 95.5 Å². The Hall–Kier alpha value is -3.29. The van der Waals surface area contributed by atoms with Gasteiger partial charge in [-0.25, -0.2) is 0 Å². The molecule has 0 spiro atoms. The molecule has 2 aromatic heterocycles. The van der Waals surface area contributed by atoms with E-state index in [2.05, 4.69) is 15.3 Å². The molecule has 3 rings (SSSR count). The van der Waals surface area contributed by atoms with E-state index in [0.29, 0.717) is 38.3 Å². The number of aromatic nitrogens is 2. The first-order valence-electron chi connectivity index (χ1n) is 8.30. The van der Waals surface area contributed by atoms with Crippen molar-refractivity contribution in [3.05, 3.63) is 59.7 Å². The van der Waals surface area contributed by atoms with E-state index in [1.807, 2.05) is 12.1 Å². The van der Waals surface area contributed by atoms with E-state index in [0.717, 1.165) is 12.1 Å². The SMILES string of the molecule is O=CN1CCN(C(=O)c2cc(C(=O)NCc3ccccn3)ccn2)CC1. The largest absolute Gasteiger partial charge is 0.346 e. The summed E-state index contributed by atoms with van der Waals surface area (Å²) in [6.07, 6.45) is 3.90. The number of pyridine rings is 2. The van der Waals surface area contributed by atoms with Crippen molar-refractivity contribution in [3.63, 3.8) is 0 Å². The van der Waals surface area contributed by atoms with Gasteiger partial charge in [0.15, 0.2) is 0 Å². The van der Waals surface area contributed by atoms with Crippen molar-refractivity contribution in [1.29, 1.82) is 0 Å². The molecule has 134 valence electrons. The van der Waals surface area contributed by atoms with Gasteiger partial charge in [0.2, 0.25) is 6.41 Å². The maximum Gasteiger partial charge on any atom is 0.272 e. The van der Waals surface area contributed by atoms with Gasteiger partial charge in [-0.15, -0.1) is 0 Å². The molecule has 0 bridgehead atoms. The molecule has 3 heterocycles. The summed E-state index contributed by atoms with van der Waals surface area (Å²) < 4.78 is 0. The maximum absolute atomic E-state index is 12.6. The van der Waals surface area contributed by atoms with Crippen LogP contribution in [0.4, 0.5) is 0 Å². The van der Waals surface area contributed by atoms with Crippen LogP contribution < -0.4 is 5.32 Å². The highest BCUT2D eigenvalue weighted by Gasteiger charge is 2.22. The zero-order valence-electron chi connectivity index (χ0n) is 14.2. The van der Waals surface area contributed by atoms with Crippen LogP contribution in [-0.2, 0) is 11.3 Å². The molecule has 1 saturated heterocycles. The number of amides is 3. The lowest BCUT2D eigenvalue weighted by molar-refractivity contribution is -0.119. The van der Waals surface area contributed by atoms with Gasteiger partial charge < -0.3 is 15.1 Å². The first kappa shape index (κ1) is 17.5. The standard InChI is InChI=1S/C18H19N5O3/c24-13-22-7-9-23(10-8-22)18(26)16-11-14(4-6-20-16)17(25)21-12-15-3-1-2-5-19-15/h1-6,11,13H,7-10,12H2,(H,21,25). The second-order valence-corrected chi connectivity index (χ2v) is 5.87. The molecule has 0 atom stereocenters. The number of nitrogens with zero attached hydrogens (tertiary/aromatic N) is 4. The van der Waals surface area contributed by atoms with E-state index in [4.69, 9.17) is 0 Å². The number of nitrogens with one attached hydrogen (secondary N) is 1. The Morgan fingerprint density at radius 1 is 1.08 bits per heavy atom. The molecule has 26 heavy (non-hydrogen) atoms. The first-order chi connectivity index (χ1) is 12.7. The van der Waals surface area contributed by atoms with Gasteiger partial charge in [-0.2, -0.15) is 0 Å². The molecule has 0 saturated carbocycles. The predicted molar refractivity (Wildman–Crippen MR) is 93.2 cm³/mol. The molecule has 1 aliphatic heterocycles. The van der Waals surface area contributed by atoms with Crippen LogP contribution in [0.1, 0.15) is 26.5 Å². The van der Waals surface area contributed by atoms with Crippen LogP contribution in [0.25, 0.3) is 0 Å². The lowest BCUT2D eigenvalue weighted by Gasteiger charge is -2.32. The Labute approximate surface area is 150 Å². The van der Waals surface area contributed by atoms with Crippen molar-refractivity contribution in [2.75, 3.05) is 26.2 Å². The normalized spacial score (nSPS) is 14.0. The van der Waals surface area contributed by atoms with Crippen molar-refractivity contribution >= 4 is 18.2 Å². The van der Waals surface area contributed by atoms with Gasteiger partial charge in [-0.1, -0.05) is 6.07 Å². The Balaban J connectivity index is 1.63. The number of hydrogen-bond acceptors (Lipinski definition) is 5. The molecule has 0 aliphatic carbocycles. The average Bonchev–Trinajstić information content (AvgIpc) is 2.72. The maximum atomic E-state index is 12.6. The van der Waals surface area contributed by atoms with Crippen LogP contribution in [0.3, 0.4) is 0 Å². The molecule has 8 heteroatoms. The fraction of sp³-hybridized carbons (Fsp3) is 0.278. The molecule has 3 amide bonds. The van der Waals surface area contributed by atoms with Crippen molar-refractivity contribution in [2.45, 2.75) is 6.54 Å². The fourth-order valence-corrected chi connectivity index (χ4v) is 2.66. The number of carbonyl (C=O) groups excluding carboxylic acids is 3. The van der Waals surface area contributed by atoms with Gasteiger partial charge in [-0.3, -0.25) is 24.4 Å². The third kappa shape index (κ3) is 4.21.